The van der Waals surface area contributed by atoms with E-state index in [-0.39, 0.29) is 5.91 Å². The van der Waals surface area contributed by atoms with Crippen LogP contribution < -0.4 is 10.1 Å². The Bertz CT molecular complexity index is 825. The molecular weight excluding hydrogens is 288 g/mol. The first-order valence-electron chi connectivity index (χ1n) is 7.53. The fraction of sp³-hybridized carbons (Fsp3) is 0.158. The Labute approximate surface area is 135 Å². The first-order chi connectivity index (χ1) is 11.3. The van der Waals surface area contributed by atoms with Crippen LogP contribution in [0.4, 0.5) is 5.69 Å². The molecule has 0 saturated carbocycles. The Morgan fingerprint density at radius 1 is 1.13 bits per heavy atom. The number of hydrogen-bond acceptors (Lipinski definition) is 3. The molecule has 0 unspecified atom stereocenters. The maximum atomic E-state index is 12.2. The number of amides is 1. The molecule has 0 fully saturated rings. The summed E-state index contributed by atoms with van der Waals surface area (Å²) in [6.07, 6.45) is 2.81. The molecule has 3 rings (SSSR count). The largest absolute Gasteiger partial charge is 0.497 e. The zero-order chi connectivity index (χ0) is 16.1. The molecule has 4 nitrogen and oxygen atoms in total. The summed E-state index contributed by atoms with van der Waals surface area (Å²) in [5.74, 6) is 0.784. The summed E-state index contributed by atoms with van der Waals surface area (Å²) in [7, 11) is 1.64. The third-order valence-electron chi connectivity index (χ3n) is 3.68. The summed E-state index contributed by atoms with van der Waals surface area (Å²) in [6, 6.07) is 17.4. The van der Waals surface area contributed by atoms with Crippen molar-refractivity contribution in [2.45, 2.75) is 12.8 Å². The van der Waals surface area contributed by atoms with Gasteiger partial charge in [-0.1, -0.05) is 30.3 Å². The van der Waals surface area contributed by atoms with Crippen LogP contribution in [-0.4, -0.2) is 18.0 Å². The van der Waals surface area contributed by atoms with Crippen LogP contribution >= 0.6 is 0 Å². The zero-order valence-corrected chi connectivity index (χ0v) is 13.0. The van der Waals surface area contributed by atoms with Crippen LogP contribution in [0.5, 0.6) is 5.75 Å². The monoisotopic (exact) mass is 306 g/mol. The highest BCUT2D eigenvalue weighted by Crippen LogP contribution is 2.21. The van der Waals surface area contributed by atoms with Crippen molar-refractivity contribution < 1.29 is 9.53 Å². The molecular formula is C19H18N2O2. The average Bonchev–Trinajstić information content (AvgIpc) is 2.60. The summed E-state index contributed by atoms with van der Waals surface area (Å²) in [5.41, 5.74) is 2.64. The van der Waals surface area contributed by atoms with Crippen molar-refractivity contribution in [3.8, 4) is 5.75 Å². The topological polar surface area (TPSA) is 51.2 Å². The van der Waals surface area contributed by atoms with E-state index in [9.17, 15) is 4.79 Å². The van der Waals surface area contributed by atoms with Gasteiger partial charge in [0.2, 0.25) is 5.91 Å². The van der Waals surface area contributed by atoms with Crippen LogP contribution in [0.3, 0.4) is 0 Å². The van der Waals surface area contributed by atoms with E-state index < -0.39 is 0 Å². The fourth-order valence-electron chi connectivity index (χ4n) is 2.50. The number of anilines is 1. The molecule has 0 aliphatic rings. The number of methoxy groups -OCH3 is 1. The number of aryl methyl sites for hydroxylation is 1. The maximum absolute atomic E-state index is 12.2. The van der Waals surface area contributed by atoms with E-state index in [4.69, 9.17) is 4.74 Å². The van der Waals surface area contributed by atoms with E-state index in [2.05, 4.69) is 10.3 Å². The van der Waals surface area contributed by atoms with Crippen molar-refractivity contribution in [3.63, 3.8) is 0 Å². The van der Waals surface area contributed by atoms with Crippen LogP contribution in [-0.2, 0) is 11.2 Å². The Hall–Kier alpha value is -2.88. The lowest BCUT2D eigenvalue weighted by atomic mass is 10.1. The van der Waals surface area contributed by atoms with Gasteiger partial charge in [-0.25, -0.2) is 0 Å². The van der Waals surface area contributed by atoms with Crippen molar-refractivity contribution in [1.29, 1.82) is 0 Å². The Morgan fingerprint density at radius 2 is 1.96 bits per heavy atom. The fourth-order valence-corrected chi connectivity index (χ4v) is 2.50. The number of aromatic nitrogens is 1. The highest BCUT2D eigenvalue weighted by atomic mass is 16.5. The molecule has 0 aliphatic carbocycles. The second-order valence-electron chi connectivity index (χ2n) is 5.28. The molecule has 2 aromatic carbocycles. The molecule has 1 N–H and O–H groups in total. The standard InChI is InChI=1S/C19H18N2O2/c1-23-16-8-2-5-14(13-16)10-11-18(22)21-17-9-3-6-15-7-4-12-20-19(15)17/h2-9,12-13H,10-11H2,1H3,(H,21,22). The molecule has 0 saturated heterocycles. The van der Waals surface area contributed by atoms with Gasteiger partial charge in [0, 0.05) is 18.0 Å². The third kappa shape index (κ3) is 3.66. The highest BCUT2D eigenvalue weighted by Gasteiger charge is 2.07. The lowest BCUT2D eigenvalue weighted by molar-refractivity contribution is -0.116. The number of carbonyl (C=O) groups excluding carboxylic acids is 1. The second-order valence-corrected chi connectivity index (χ2v) is 5.28. The molecule has 0 aliphatic heterocycles. The van der Waals surface area contributed by atoms with Gasteiger partial charge in [0.15, 0.2) is 0 Å². The number of para-hydroxylation sites is 1. The Balaban J connectivity index is 1.67. The van der Waals surface area contributed by atoms with E-state index in [0.29, 0.717) is 12.8 Å². The van der Waals surface area contributed by atoms with Crippen molar-refractivity contribution in [2.24, 2.45) is 0 Å². The summed E-state index contributed by atoms with van der Waals surface area (Å²) >= 11 is 0. The number of pyridine rings is 1. The van der Waals surface area contributed by atoms with Gasteiger partial charge in [-0.2, -0.15) is 0 Å². The van der Waals surface area contributed by atoms with Gasteiger partial charge in [0.1, 0.15) is 5.75 Å². The number of ether oxygens (including phenoxy) is 1. The van der Waals surface area contributed by atoms with Gasteiger partial charge in [0.05, 0.1) is 18.3 Å². The molecule has 0 radical (unpaired) electrons. The van der Waals surface area contributed by atoms with E-state index >= 15 is 0 Å². The third-order valence-corrected chi connectivity index (χ3v) is 3.68. The predicted octanol–water partition coefficient (Wildman–Crippen LogP) is 3.81. The molecule has 23 heavy (non-hydrogen) atoms. The minimum Gasteiger partial charge on any atom is -0.497 e. The van der Waals surface area contributed by atoms with E-state index in [0.717, 1.165) is 27.9 Å². The molecule has 116 valence electrons. The first-order valence-corrected chi connectivity index (χ1v) is 7.53. The summed E-state index contributed by atoms with van der Waals surface area (Å²) < 4.78 is 5.20. The average molecular weight is 306 g/mol. The SMILES string of the molecule is COc1cccc(CCC(=O)Nc2cccc3cccnc23)c1. The minimum atomic E-state index is -0.0222. The highest BCUT2D eigenvalue weighted by molar-refractivity contribution is 6.00. The van der Waals surface area contributed by atoms with Gasteiger partial charge >= 0.3 is 0 Å². The maximum Gasteiger partial charge on any atom is 0.224 e. The van der Waals surface area contributed by atoms with Crippen molar-refractivity contribution in [3.05, 3.63) is 66.4 Å². The van der Waals surface area contributed by atoms with Crippen molar-refractivity contribution in [2.75, 3.05) is 12.4 Å². The molecule has 1 amide bonds. The van der Waals surface area contributed by atoms with Gasteiger partial charge in [-0.05, 0) is 36.2 Å². The molecule has 0 bridgehead atoms. The van der Waals surface area contributed by atoms with Crippen LogP contribution in [0.15, 0.2) is 60.8 Å². The molecule has 4 heteroatoms. The van der Waals surface area contributed by atoms with Crippen LogP contribution in [0, 0.1) is 0 Å². The van der Waals surface area contributed by atoms with Crippen LogP contribution in [0.2, 0.25) is 0 Å². The summed E-state index contributed by atoms with van der Waals surface area (Å²) in [6.45, 7) is 0. The normalized spacial score (nSPS) is 10.5. The molecule has 3 aromatic rings. The molecule has 0 spiro atoms. The minimum absolute atomic E-state index is 0.0222. The second kappa shape index (κ2) is 6.92. The van der Waals surface area contributed by atoms with Crippen LogP contribution in [0.25, 0.3) is 10.9 Å². The van der Waals surface area contributed by atoms with Gasteiger partial charge in [-0.15, -0.1) is 0 Å². The van der Waals surface area contributed by atoms with Gasteiger partial charge < -0.3 is 10.1 Å². The lowest BCUT2D eigenvalue weighted by Crippen LogP contribution is -2.12. The number of carbonyl (C=O) groups is 1. The first kappa shape index (κ1) is 15.0. The quantitative estimate of drug-likeness (QED) is 0.779. The molecule has 0 atom stereocenters. The Morgan fingerprint density at radius 3 is 2.83 bits per heavy atom. The number of rotatable bonds is 5. The van der Waals surface area contributed by atoms with Crippen molar-refractivity contribution in [1.82, 2.24) is 4.98 Å². The Kier molecular flexibility index (Phi) is 4.52. The smallest absolute Gasteiger partial charge is 0.224 e. The number of benzene rings is 2. The number of nitrogens with zero attached hydrogens (tertiary/aromatic N) is 1. The van der Waals surface area contributed by atoms with Crippen LogP contribution in [0.1, 0.15) is 12.0 Å². The molecule has 1 heterocycles. The lowest BCUT2D eigenvalue weighted by Gasteiger charge is -2.08. The van der Waals surface area contributed by atoms with Gasteiger partial charge in [-0.3, -0.25) is 9.78 Å². The van der Waals surface area contributed by atoms with Gasteiger partial charge in [0.25, 0.3) is 0 Å². The van der Waals surface area contributed by atoms with E-state index in [1.165, 1.54) is 0 Å². The van der Waals surface area contributed by atoms with Crippen molar-refractivity contribution >= 4 is 22.5 Å². The summed E-state index contributed by atoms with van der Waals surface area (Å²) in [4.78, 5) is 16.6. The zero-order valence-electron chi connectivity index (χ0n) is 13.0. The van der Waals surface area contributed by atoms with E-state index in [1.807, 2.05) is 54.6 Å². The van der Waals surface area contributed by atoms with E-state index in [1.54, 1.807) is 13.3 Å². The predicted molar refractivity (Wildman–Crippen MR) is 91.7 cm³/mol. The summed E-state index contributed by atoms with van der Waals surface area (Å²) in [5, 5.41) is 3.96. The number of hydrogen-bond donors (Lipinski definition) is 1. The molecule has 1 aromatic heterocycles. The number of nitrogens with one attached hydrogen (secondary N) is 1. The number of fused-ring (bicyclic) bond motifs is 1.